The summed E-state index contributed by atoms with van der Waals surface area (Å²) in [6, 6.07) is -5.37. The Bertz CT molecular complexity index is 836. The number of aliphatic imine (C=N–C) groups is 1. The summed E-state index contributed by atoms with van der Waals surface area (Å²) in [7, 11) is 0. The van der Waals surface area contributed by atoms with Crippen molar-refractivity contribution in [3.05, 3.63) is 0 Å². The van der Waals surface area contributed by atoms with E-state index in [0.717, 1.165) is 0 Å². The Labute approximate surface area is 211 Å². The summed E-state index contributed by atoms with van der Waals surface area (Å²) in [6.45, 7) is 0.261. The largest absolute Gasteiger partial charge is 0.480 e. The van der Waals surface area contributed by atoms with Crippen LogP contribution in [0, 0.1) is 0 Å². The lowest BCUT2D eigenvalue weighted by atomic mass is 10.1. The number of carboxylic acid groups (broad SMARTS) is 1. The molecule has 36 heavy (non-hydrogen) atoms. The maximum absolute atomic E-state index is 12.9. The van der Waals surface area contributed by atoms with Crippen LogP contribution in [-0.2, 0) is 28.8 Å². The van der Waals surface area contributed by atoms with Crippen molar-refractivity contribution in [3.8, 4) is 0 Å². The summed E-state index contributed by atoms with van der Waals surface area (Å²) in [4.78, 5) is 75.6. The predicted molar refractivity (Wildman–Crippen MR) is 132 cm³/mol. The number of guanidine groups is 1. The molecule has 0 bridgehead atoms. The fourth-order valence-corrected chi connectivity index (χ4v) is 3.26. The summed E-state index contributed by atoms with van der Waals surface area (Å²) in [6.07, 6.45) is 1.18. The second-order valence-electron chi connectivity index (χ2n) is 7.70. The van der Waals surface area contributed by atoms with Crippen LogP contribution in [0.15, 0.2) is 4.99 Å². The van der Waals surface area contributed by atoms with E-state index in [2.05, 4.69) is 15.6 Å². The Morgan fingerprint density at radius 3 is 1.81 bits per heavy atom. The van der Waals surface area contributed by atoms with Gasteiger partial charge in [-0.05, 0) is 31.3 Å². The van der Waals surface area contributed by atoms with Gasteiger partial charge in [-0.15, -0.1) is 0 Å². The van der Waals surface area contributed by atoms with E-state index in [0.29, 0.717) is 12.2 Å². The van der Waals surface area contributed by atoms with Gasteiger partial charge in [0.05, 0.1) is 18.9 Å². The highest BCUT2D eigenvalue weighted by atomic mass is 32.2. The number of nitrogens with zero attached hydrogens (tertiary/aromatic N) is 1. The number of amides is 5. The molecule has 0 saturated carbocycles. The minimum atomic E-state index is -1.69. The van der Waals surface area contributed by atoms with Crippen LogP contribution in [0.1, 0.15) is 32.1 Å². The first-order chi connectivity index (χ1) is 16.8. The molecule has 0 radical (unpaired) electrons. The van der Waals surface area contributed by atoms with E-state index in [1.54, 1.807) is 6.26 Å². The number of carbonyl (C=O) groups excluding carboxylic acids is 5. The van der Waals surface area contributed by atoms with Gasteiger partial charge in [0.15, 0.2) is 5.96 Å². The number of carbonyl (C=O) groups is 6. The number of hydrogen-bond acceptors (Lipinski definition) is 9. The molecule has 16 nitrogen and oxygen atoms in total. The first-order valence-electron chi connectivity index (χ1n) is 10.8. The van der Waals surface area contributed by atoms with Crippen molar-refractivity contribution in [1.82, 2.24) is 16.0 Å². The number of thioether (sulfide) groups is 1. The van der Waals surface area contributed by atoms with E-state index < -0.39 is 72.5 Å². The summed E-state index contributed by atoms with van der Waals surface area (Å²) in [5, 5.41) is 16.0. The third-order valence-electron chi connectivity index (χ3n) is 4.61. The van der Waals surface area contributed by atoms with Crippen molar-refractivity contribution in [3.63, 3.8) is 0 Å². The first kappa shape index (κ1) is 32.4. The van der Waals surface area contributed by atoms with Crippen molar-refractivity contribution < 1.29 is 33.9 Å². The molecule has 0 heterocycles. The van der Waals surface area contributed by atoms with Crippen LogP contribution in [0.5, 0.6) is 0 Å². The van der Waals surface area contributed by atoms with Gasteiger partial charge in [-0.3, -0.25) is 29.0 Å². The second-order valence-corrected chi connectivity index (χ2v) is 8.69. The van der Waals surface area contributed by atoms with Gasteiger partial charge in [-0.1, -0.05) is 0 Å². The molecule has 0 spiro atoms. The lowest BCUT2D eigenvalue weighted by Gasteiger charge is -2.24. The summed E-state index contributed by atoms with van der Waals surface area (Å²) in [5.41, 5.74) is 26.5. The molecular formula is C19H35N9O7S. The van der Waals surface area contributed by atoms with Gasteiger partial charge in [0.2, 0.25) is 29.5 Å². The van der Waals surface area contributed by atoms with E-state index in [1.165, 1.54) is 11.8 Å². The number of nitrogens with one attached hydrogen (secondary N) is 3. The standard InChI is InChI=1S/C19H35N9O7S/c1-36-6-4-10(26-15(31)9(20)3-2-5-25-19(23)24)16(32)27-11(7-13(21)29)17(33)28-12(18(34)35)8-14(22)30/h9-12H,2-8,20H2,1H3,(H2,21,29)(H2,22,30)(H,26,31)(H,27,32)(H,28,33)(H,34,35)(H4,23,24,25). The van der Waals surface area contributed by atoms with Crippen molar-refractivity contribution in [2.24, 2.45) is 33.7 Å². The zero-order valence-electron chi connectivity index (χ0n) is 19.9. The fourth-order valence-electron chi connectivity index (χ4n) is 2.79. The third-order valence-corrected chi connectivity index (χ3v) is 5.25. The van der Waals surface area contributed by atoms with Crippen LogP contribution >= 0.6 is 11.8 Å². The van der Waals surface area contributed by atoms with E-state index >= 15 is 0 Å². The quantitative estimate of drug-likeness (QED) is 0.0458. The molecule has 4 unspecified atom stereocenters. The van der Waals surface area contributed by atoms with Gasteiger partial charge >= 0.3 is 5.97 Å². The van der Waals surface area contributed by atoms with Gasteiger partial charge in [-0.25, -0.2) is 4.79 Å². The zero-order chi connectivity index (χ0) is 27.8. The van der Waals surface area contributed by atoms with Gasteiger partial charge in [0, 0.05) is 6.54 Å². The van der Waals surface area contributed by atoms with E-state index in [9.17, 15) is 33.9 Å². The van der Waals surface area contributed by atoms with Gasteiger partial charge < -0.3 is 49.7 Å². The van der Waals surface area contributed by atoms with E-state index in [-0.39, 0.29) is 25.3 Å². The van der Waals surface area contributed by atoms with Crippen LogP contribution in [0.4, 0.5) is 0 Å². The molecule has 204 valence electrons. The highest BCUT2D eigenvalue weighted by Crippen LogP contribution is 2.05. The normalized spacial score (nSPS) is 13.8. The van der Waals surface area contributed by atoms with Crippen LogP contribution in [0.3, 0.4) is 0 Å². The number of carboxylic acids is 1. The van der Waals surface area contributed by atoms with Crippen LogP contribution in [0.2, 0.25) is 0 Å². The molecule has 0 aliphatic carbocycles. The minimum Gasteiger partial charge on any atom is -0.480 e. The predicted octanol–water partition coefficient (Wildman–Crippen LogP) is -4.59. The minimum absolute atomic E-state index is 0.0966. The Kier molecular flexibility index (Phi) is 15.2. The first-order valence-corrected chi connectivity index (χ1v) is 12.2. The molecule has 0 aromatic rings. The van der Waals surface area contributed by atoms with Gasteiger partial charge in [-0.2, -0.15) is 11.8 Å². The van der Waals surface area contributed by atoms with Crippen molar-refractivity contribution in [1.29, 1.82) is 0 Å². The van der Waals surface area contributed by atoms with Crippen molar-refractivity contribution in [2.75, 3.05) is 18.6 Å². The molecule has 14 N–H and O–H groups in total. The molecule has 4 atom stereocenters. The Balaban J connectivity index is 5.40. The van der Waals surface area contributed by atoms with Gasteiger partial charge in [0.1, 0.15) is 18.1 Å². The average Bonchev–Trinajstić information content (AvgIpc) is 2.77. The molecule has 0 aliphatic heterocycles. The molecule has 17 heteroatoms. The lowest BCUT2D eigenvalue weighted by Crippen LogP contribution is -2.58. The molecule has 0 rings (SSSR count). The van der Waals surface area contributed by atoms with Crippen LogP contribution in [0.25, 0.3) is 0 Å². The average molecular weight is 534 g/mol. The fraction of sp³-hybridized carbons (Fsp3) is 0.632. The molecule has 0 aliphatic rings. The number of hydrogen-bond donors (Lipinski definition) is 9. The monoisotopic (exact) mass is 533 g/mol. The van der Waals surface area contributed by atoms with E-state index in [1.807, 2.05) is 5.32 Å². The molecular weight excluding hydrogens is 498 g/mol. The highest BCUT2D eigenvalue weighted by molar-refractivity contribution is 7.98. The van der Waals surface area contributed by atoms with Crippen LogP contribution in [-0.4, -0.2) is 89.3 Å². The Morgan fingerprint density at radius 1 is 0.806 bits per heavy atom. The molecule has 0 saturated heterocycles. The van der Waals surface area contributed by atoms with Crippen molar-refractivity contribution in [2.45, 2.75) is 56.3 Å². The third kappa shape index (κ3) is 14.0. The number of primary amides is 2. The highest BCUT2D eigenvalue weighted by Gasteiger charge is 2.31. The summed E-state index contributed by atoms with van der Waals surface area (Å²) < 4.78 is 0. The zero-order valence-corrected chi connectivity index (χ0v) is 20.7. The topological polar surface area (TPSA) is 301 Å². The Hall–Kier alpha value is -3.60. The molecule has 0 aromatic heterocycles. The maximum atomic E-state index is 12.9. The summed E-state index contributed by atoms with van der Waals surface area (Å²) in [5.74, 6) is -5.70. The Morgan fingerprint density at radius 2 is 1.31 bits per heavy atom. The molecule has 5 amide bonds. The van der Waals surface area contributed by atoms with Gasteiger partial charge in [0.25, 0.3) is 0 Å². The number of rotatable bonds is 18. The smallest absolute Gasteiger partial charge is 0.326 e. The molecule has 0 fully saturated rings. The van der Waals surface area contributed by atoms with Crippen molar-refractivity contribution >= 4 is 53.2 Å². The second kappa shape index (κ2) is 16.9. The van der Waals surface area contributed by atoms with E-state index in [4.69, 9.17) is 28.7 Å². The maximum Gasteiger partial charge on any atom is 0.326 e. The number of nitrogens with two attached hydrogens (primary N) is 5. The SMILES string of the molecule is CSCCC(NC(=O)C(N)CCCN=C(N)N)C(=O)NC(CC(N)=O)C(=O)NC(CC(N)=O)C(=O)O. The number of aliphatic carboxylic acids is 1. The lowest BCUT2D eigenvalue weighted by molar-refractivity contribution is -0.144. The molecule has 0 aromatic carbocycles. The van der Waals surface area contributed by atoms with Crippen LogP contribution < -0.4 is 44.6 Å². The summed E-state index contributed by atoms with van der Waals surface area (Å²) >= 11 is 1.39.